The summed E-state index contributed by atoms with van der Waals surface area (Å²) in [5.41, 5.74) is -0.189. The number of aliphatic hydroxyl groups excluding tert-OH is 1. The van der Waals surface area contributed by atoms with Gasteiger partial charge in [0.15, 0.2) is 12.6 Å². The Bertz CT molecular complexity index is 747. The zero-order valence-corrected chi connectivity index (χ0v) is 24.4. The normalized spacial score (nSPS) is 30.2. The monoisotopic (exact) mass is 552 g/mol. The van der Waals surface area contributed by atoms with Gasteiger partial charge in [-0.15, -0.1) is 0 Å². The van der Waals surface area contributed by atoms with Gasteiger partial charge in [-0.25, -0.2) is 4.79 Å². The highest BCUT2D eigenvalue weighted by Crippen LogP contribution is 2.36. The molecule has 3 aliphatic rings. The number of hydrogen-bond acceptors (Lipinski definition) is 7. The third kappa shape index (κ3) is 10.6. The molecule has 2 saturated heterocycles. The number of rotatable bonds is 16. The van der Waals surface area contributed by atoms with Gasteiger partial charge in [0.25, 0.3) is 5.79 Å². The Morgan fingerprint density at radius 3 is 2.18 bits per heavy atom. The minimum absolute atomic E-state index is 0.153. The van der Waals surface area contributed by atoms with Gasteiger partial charge < -0.3 is 33.9 Å². The average molecular weight is 553 g/mol. The van der Waals surface area contributed by atoms with Crippen molar-refractivity contribution in [1.82, 2.24) is 0 Å². The molecule has 39 heavy (non-hydrogen) atoms. The first-order chi connectivity index (χ1) is 18.7. The summed E-state index contributed by atoms with van der Waals surface area (Å²) in [6.07, 6.45) is 17.0. The zero-order valence-electron chi connectivity index (χ0n) is 24.4. The van der Waals surface area contributed by atoms with E-state index in [0.29, 0.717) is 38.4 Å². The topological polar surface area (TPSA) is 104 Å². The molecule has 2 heterocycles. The van der Waals surface area contributed by atoms with Crippen molar-refractivity contribution in [2.24, 2.45) is 11.8 Å². The van der Waals surface area contributed by atoms with Gasteiger partial charge in [-0.2, -0.15) is 0 Å². The Morgan fingerprint density at radius 2 is 1.62 bits per heavy atom. The number of aliphatic carboxylic acids is 1. The van der Waals surface area contributed by atoms with E-state index in [1.54, 1.807) is 0 Å². The van der Waals surface area contributed by atoms with Crippen molar-refractivity contribution in [3.05, 3.63) is 24.3 Å². The second-order valence-electron chi connectivity index (χ2n) is 11.8. The van der Waals surface area contributed by atoms with Crippen LogP contribution in [0.5, 0.6) is 0 Å². The van der Waals surface area contributed by atoms with Crippen LogP contribution < -0.4 is 0 Å². The molecular formula is C31H52O8. The largest absolute Gasteiger partial charge is 0.477 e. The molecule has 5 atom stereocenters. The van der Waals surface area contributed by atoms with Crippen LogP contribution >= 0.6 is 0 Å². The van der Waals surface area contributed by atoms with Crippen LogP contribution in [0, 0.1) is 11.8 Å². The number of hydrogen-bond donors (Lipinski definition) is 2. The average Bonchev–Trinajstić information content (AvgIpc) is 3.27. The summed E-state index contributed by atoms with van der Waals surface area (Å²) in [4.78, 5) is 12.5. The molecule has 0 spiro atoms. The maximum Gasteiger partial charge on any atom is 0.364 e. The molecule has 0 aromatic rings. The Morgan fingerprint density at radius 1 is 0.949 bits per heavy atom. The molecule has 0 aromatic heterocycles. The Kier molecular flexibility index (Phi) is 13.4. The molecule has 1 saturated carbocycles. The summed E-state index contributed by atoms with van der Waals surface area (Å²) in [6.45, 7) is 8.22. The van der Waals surface area contributed by atoms with E-state index < -0.39 is 24.3 Å². The van der Waals surface area contributed by atoms with Crippen molar-refractivity contribution in [3.63, 3.8) is 0 Å². The molecule has 3 fully saturated rings. The van der Waals surface area contributed by atoms with Gasteiger partial charge in [0, 0.05) is 26.2 Å². The summed E-state index contributed by atoms with van der Waals surface area (Å²) in [6, 6.07) is 0. The standard InChI is InChI=1S/C31H52O8/c1-4-21-37-30(2,3)19-12-13-24-17-18-26(32)25(24)14-6-5-9-20-31(29(33)34,38-27-15-7-10-22-35-27)39-28-16-8-11-23-36-28/h5-6,12-13,24-28,32H,4,7-11,14-23H2,1-3H3,(H,33,34)/b6-5-,13-12+/t24-,25+,26-,27?,28?,31?/m0/s1. The fraction of sp³-hybridized carbons (Fsp3) is 0.839. The van der Waals surface area contributed by atoms with E-state index in [-0.39, 0.29) is 24.0 Å². The number of aliphatic hydroxyl groups is 1. The first kappa shape index (κ1) is 32.2. The van der Waals surface area contributed by atoms with Crippen LogP contribution in [0.3, 0.4) is 0 Å². The highest BCUT2D eigenvalue weighted by atomic mass is 16.8. The SMILES string of the molecule is CCCOC(C)(C)C/C=C/[C@H]1CC[C@H](O)[C@@H]1C/C=C\CCC(OC1CCCCO1)(OC1CCCCO1)C(=O)O. The summed E-state index contributed by atoms with van der Waals surface area (Å²) in [7, 11) is 0. The van der Waals surface area contributed by atoms with Crippen molar-refractivity contribution < 1.29 is 38.7 Å². The molecule has 0 bridgehead atoms. The molecule has 0 radical (unpaired) electrons. The molecule has 2 aliphatic heterocycles. The lowest BCUT2D eigenvalue weighted by atomic mass is 9.90. The summed E-state index contributed by atoms with van der Waals surface area (Å²) in [5.74, 6) is -2.50. The highest BCUT2D eigenvalue weighted by Gasteiger charge is 2.46. The summed E-state index contributed by atoms with van der Waals surface area (Å²) < 4.78 is 29.4. The smallest absolute Gasteiger partial charge is 0.364 e. The van der Waals surface area contributed by atoms with Crippen LogP contribution in [-0.2, 0) is 28.5 Å². The van der Waals surface area contributed by atoms with Crippen LogP contribution in [0.15, 0.2) is 24.3 Å². The minimum Gasteiger partial charge on any atom is -0.477 e. The van der Waals surface area contributed by atoms with Crippen LogP contribution in [0.25, 0.3) is 0 Å². The number of allylic oxidation sites excluding steroid dienone is 3. The van der Waals surface area contributed by atoms with Gasteiger partial charge in [0.2, 0.25) is 0 Å². The van der Waals surface area contributed by atoms with Crippen LogP contribution in [0.1, 0.15) is 104 Å². The summed E-state index contributed by atoms with van der Waals surface area (Å²) in [5, 5.41) is 20.9. The predicted molar refractivity (Wildman–Crippen MR) is 149 cm³/mol. The molecule has 2 unspecified atom stereocenters. The van der Waals surface area contributed by atoms with Gasteiger partial charge in [-0.05, 0) is 103 Å². The number of carboxylic acids is 1. The van der Waals surface area contributed by atoms with Crippen molar-refractivity contribution >= 4 is 5.97 Å². The quantitative estimate of drug-likeness (QED) is 0.174. The fourth-order valence-electron chi connectivity index (χ4n) is 5.64. The van der Waals surface area contributed by atoms with Gasteiger partial charge >= 0.3 is 5.97 Å². The van der Waals surface area contributed by atoms with Crippen molar-refractivity contribution in [1.29, 1.82) is 0 Å². The zero-order chi connectivity index (χ0) is 28.1. The van der Waals surface area contributed by atoms with Gasteiger partial charge in [0.05, 0.1) is 11.7 Å². The molecule has 2 N–H and O–H groups in total. The molecule has 224 valence electrons. The van der Waals surface area contributed by atoms with E-state index in [9.17, 15) is 15.0 Å². The second-order valence-corrected chi connectivity index (χ2v) is 11.8. The molecule has 1 aliphatic carbocycles. The summed E-state index contributed by atoms with van der Waals surface area (Å²) >= 11 is 0. The molecular weight excluding hydrogens is 500 g/mol. The van der Waals surface area contributed by atoms with Crippen LogP contribution in [0.4, 0.5) is 0 Å². The van der Waals surface area contributed by atoms with Gasteiger partial charge in [-0.3, -0.25) is 0 Å². The van der Waals surface area contributed by atoms with Crippen LogP contribution in [-0.4, -0.2) is 66.1 Å². The Balaban J connectivity index is 1.56. The second kappa shape index (κ2) is 16.2. The van der Waals surface area contributed by atoms with Gasteiger partial charge in [0.1, 0.15) is 0 Å². The maximum absolute atomic E-state index is 12.5. The van der Waals surface area contributed by atoms with E-state index in [2.05, 4.69) is 39.0 Å². The Labute approximate surface area is 235 Å². The van der Waals surface area contributed by atoms with Crippen molar-refractivity contribution in [3.8, 4) is 0 Å². The van der Waals surface area contributed by atoms with E-state index in [1.165, 1.54) is 0 Å². The van der Waals surface area contributed by atoms with E-state index in [1.807, 2.05) is 6.08 Å². The number of ether oxygens (including phenoxy) is 5. The third-order valence-electron chi connectivity index (χ3n) is 7.99. The fourth-order valence-corrected chi connectivity index (χ4v) is 5.64. The predicted octanol–water partition coefficient (Wildman–Crippen LogP) is 6.12. The van der Waals surface area contributed by atoms with E-state index >= 15 is 0 Å². The number of carbonyl (C=O) groups is 1. The molecule has 8 nitrogen and oxygen atoms in total. The minimum atomic E-state index is -1.82. The maximum atomic E-state index is 12.5. The lowest BCUT2D eigenvalue weighted by Crippen LogP contribution is -2.51. The molecule has 3 rings (SSSR count). The van der Waals surface area contributed by atoms with Crippen LogP contribution in [0.2, 0.25) is 0 Å². The van der Waals surface area contributed by atoms with E-state index in [4.69, 9.17) is 23.7 Å². The molecule has 0 aromatic carbocycles. The first-order valence-corrected chi connectivity index (χ1v) is 15.2. The molecule has 0 amide bonds. The van der Waals surface area contributed by atoms with E-state index in [0.717, 1.165) is 64.4 Å². The number of carboxylic acid groups (broad SMARTS) is 1. The molecule has 8 heteroatoms. The first-order valence-electron chi connectivity index (χ1n) is 15.2. The lowest BCUT2D eigenvalue weighted by molar-refractivity contribution is -0.352. The van der Waals surface area contributed by atoms with Crippen molar-refractivity contribution in [2.45, 2.75) is 134 Å². The Hall–Kier alpha value is -1.29. The van der Waals surface area contributed by atoms with Crippen molar-refractivity contribution in [2.75, 3.05) is 19.8 Å². The lowest BCUT2D eigenvalue weighted by Gasteiger charge is -2.37. The van der Waals surface area contributed by atoms with Gasteiger partial charge in [-0.1, -0.05) is 31.2 Å². The highest BCUT2D eigenvalue weighted by molar-refractivity contribution is 5.75. The third-order valence-corrected chi connectivity index (χ3v) is 7.99.